The molecule has 0 amide bonds. The van der Waals surface area contributed by atoms with E-state index in [1.165, 1.54) is 16.8 Å². The Hall–Kier alpha value is -2.11. The van der Waals surface area contributed by atoms with E-state index in [1.807, 2.05) is 18.2 Å². The SMILES string of the molecule is Cc1sc(Cc2nc3ccccc3s2)nc1-c1ccc(F)cc1. The minimum absolute atomic E-state index is 0.226. The fourth-order valence-electron chi connectivity index (χ4n) is 2.53. The van der Waals surface area contributed by atoms with E-state index >= 15 is 0 Å². The van der Waals surface area contributed by atoms with Gasteiger partial charge < -0.3 is 0 Å². The first-order valence-electron chi connectivity index (χ1n) is 7.26. The third-order valence-electron chi connectivity index (χ3n) is 3.60. The maximum atomic E-state index is 13.1. The van der Waals surface area contributed by atoms with Crippen LogP contribution in [0.5, 0.6) is 0 Å². The van der Waals surface area contributed by atoms with Gasteiger partial charge in [0.2, 0.25) is 0 Å². The van der Waals surface area contributed by atoms with Crippen molar-refractivity contribution in [3.8, 4) is 11.3 Å². The lowest BCUT2D eigenvalue weighted by Crippen LogP contribution is -1.87. The van der Waals surface area contributed by atoms with E-state index in [1.54, 1.807) is 34.8 Å². The molecule has 0 fully saturated rings. The molecule has 0 saturated carbocycles. The van der Waals surface area contributed by atoms with Crippen LogP contribution in [0.15, 0.2) is 48.5 Å². The van der Waals surface area contributed by atoms with Gasteiger partial charge in [0.1, 0.15) is 15.8 Å². The summed E-state index contributed by atoms with van der Waals surface area (Å²) in [5.41, 5.74) is 2.93. The zero-order chi connectivity index (χ0) is 15.8. The molecule has 4 aromatic rings. The maximum Gasteiger partial charge on any atom is 0.123 e. The summed E-state index contributed by atoms with van der Waals surface area (Å²) in [5, 5.41) is 2.12. The van der Waals surface area contributed by atoms with Gasteiger partial charge in [0.05, 0.1) is 22.3 Å². The van der Waals surface area contributed by atoms with Crippen molar-refractivity contribution in [3.05, 3.63) is 69.2 Å². The summed E-state index contributed by atoms with van der Waals surface area (Å²) in [6.07, 6.45) is 0.742. The summed E-state index contributed by atoms with van der Waals surface area (Å²) in [5.74, 6) is -0.226. The van der Waals surface area contributed by atoms with E-state index in [2.05, 4.69) is 18.0 Å². The Kier molecular flexibility index (Phi) is 3.67. The predicted molar refractivity (Wildman–Crippen MR) is 94.7 cm³/mol. The normalized spacial score (nSPS) is 11.2. The van der Waals surface area contributed by atoms with E-state index in [4.69, 9.17) is 4.98 Å². The maximum absolute atomic E-state index is 13.1. The summed E-state index contributed by atoms with van der Waals surface area (Å²) in [7, 11) is 0. The smallest absolute Gasteiger partial charge is 0.123 e. The molecule has 0 aliphatic rings. The Morgan fingerprint density at radius 1 is 0.913 bits per heavy atom. The molecule has 0 aliphatic heterocycles. The molecular weight excluding hydrogens is 327 g/mol. The fraction of sp³-hybridized carbons (Fsp3) is 0.111. The first-order valence-corrected chi connectivity index (χ1v) is 8.89. The van der Waals surface area contributed by atoms with E-state index in [0.29, 0.717) is 0 Å². The van der Waals surface area contributed by atoms with Crippen LogP contribution < -0.4 is 0 Å². The number of hydrogen-bond donors (Lipinski definition) is 0. The highest BCUT2D eigenvalue weighted by atomic mass is 32.1. The molecule has 2 nitrogen and oxygen atoms in total. The van der Waals surface area contributed by atoms with Crippen molar-refractivity contribution in [3.63, 3.8) is 0 Å². The molecule has 0 unspecified atom stereocenters. The second kappa shape index (κ2) is 5.83. The van der Waals surface area contributed by atoms with Crippen molar-refractivity contribution in [2.75, 3.05) is 0 Å². The van der Waals surface area contributed by atoms with Crippen molar-refractivity contribution in [2.45, 2.75) is 13.3 Å². The van der Waals surface area contributed by atoms with Crippen LogP contribution in [0.1, 0.15) is 14.9 Å². The summed E-state index contributed by atoms with van der Waals surface area (Å²) in [6.45, 7) is 2.05. The number of fused-ring (bicyclic) bond motifs is 1. The van der Waals surface area contributed by atoms with E-state index in [9.17, 15) is 4.39 Å². The number of hydrogen-bond acceptors (Lipinski definition) is 4. The average Bonchev–Trinajstić information content (AvgIpc) is 3.11. The zero-order valence-electron chi connectivity index (χ0n) is 12.4. The van der Waals surface area contributed by atoms with Crippen LogP contribution in [0.3, 0.4) is 0 Å². The van der Waals surface area contributed by atoms with Crippen LogP contribution in [-0.2, 0) is 6.42 Å². The molecule has 0 N–H and O–H groups in total. The second-order valence-electron chi connectivity index (χ2n) is 5.27. The molecule has 0 atom stereocenters. The Balaban J connectivity index is 1.65. The van der Waals surface area contributed by atoms with Crippen LogP contribution in [0, 0.1) is 12.7 Å². The minimum Gasteiger partial charge on any atom is -0.241 e. The van der Waals surface area contributed by atoms with Crippen LogP contribution >= 0.6 is 22.7 Å². The van der Waals surface area contributed by atoms with Crippen LogP contribution in [0.4, 0.5) is 4.39 Å². The summed E-state index contributed by atoms with van der Waals surface area (Å²) in [4.78, 5) is 10.6. The highest BCUT2D eigenvalue weighted by Crippen LogP contribution is 2.30. The molecule has 114 valence electrons. The molecule has 4 rings (SSSR count). The predicted octanol–water partition coefficient (Wildman–Crippen LogP) is 5.46. The first-order chi connectivity index (χ1) is 11.2. The van der Waals surface area contributed by atoms with Crippen molar-refractivity contribution >= 4 is 32.9 Å². The molecule has 0 bridgehead atoms. The number of thiazole rings is 2. The lowest BCUT2D eigenvalue weighted by molar-refractivity contribution is 0.628. The van der Waals surface area contributed by atoms with Gasteiger partial charge in [-0.1, -0.05) is 12.1 Å². The van der Waals surface area contributed by atoms with Gasteiger partial charge in [-0.2, -0.15) is 0 Å². The summed E-state index contributed by atoms with van der Waals surface area (Å²) < 4.78 is 14.3. The van der Waals surface area contributed by atoms with Gasteiger partial charge in [-0.05, 0) is 43.3 Å². The van der Waals surface area contributed by atoms with Gasteiger partial charge in [0.25, 0.3) is 0 Å². The van der Waals surface area contributed by atoms with Crippen molar-refractivity contribution in [2.24, 2.45) is 0 Å². The Bertz CT molecular complexity index is 937. The van der Waals surface area contributed by atoms with Crippen molar-refractivity contribution in [1.29, 1.82) is 0 Å². The third-order valence-corrected chi connectivity index (χ3v) is 5.61. The highest BCUT2D eigenvalue weighted by Gasteiger charge is 2.12. The number of nitrogens with zero attached hydrogens (tertiary/aromatic N) is 2. The molecule has 2 heterocycles. The molecule has 0 spiro atoms. The molecule has 0 radical (unpaired) electrons. The van der Waals surface area contributed by atoms with Crippen LogP contribution in [0.25, 0.3) is 21.5 Å². The monoisotopic (exact) mass is 340 g/mol. The number of rotatable bonds is 3. The quantitative estimate of drug-likeness (QED) is 0.495. The molecule has 2 aromatic heterocycles. The van der Waals surface area contributed by atoms with Gasteiger partial charge in [0, 0.05) is 10.4 Å². The first kappa shape index (κ1) is 14.5. The number of benzene rings is 2. The zero-order valence-corrected chi connectivity index (χ0v) is 14.0. The second-order valence-corrected chi connectivity index (χ2v) is 7.67. The van der Waals surface area contributed by atoms with Gasteiger partial charge >= 0.3 is 0 Å². The number of para-hydroxylation sites is 1. The van der Waals surface area contributed by atoms with E-state index in [0.717, 1.165) is 38.1 Å². The largest absolute Gasteiger partial charge is 0.241 e. The van der Waals surface area contributed by atoms with E-state index in [-0.39, 0.29) is 5.82 Å². The lowest BCUT2D eigenvalue weighted by Gasteiger charge is -1.97. The molecule has 23 heavy (non-hydrogen) atoms. The summed E-state index contributed by atoms with van der Waals surface area (Å²) in [6, 6.07) is 14.7. The lowest BCUT2D eigenvalue weighted by atomic mass is 10.1. The highest BCUT2D eigenvalue weighted by molar-refractivity contribution is 7.18. The van der Waals surface area contributed by atoms with Gasteiger partial charge in [-0.15, -0.1) is 22.7 Å². The molecule has 0 saturated heterocycles. The average molecular weight is 340 g/mol. The van der Waals surface area contributed by atoms with Crippen molar-refractivity contribution in [1.82, 2.24) is 9.97 Å². The molecule has 2 aromatic carbocycles. The number of aryl methyl sites for hydroxylation is 1. The third kappa shape index (κ3) is 2.90. The fourth-order valence-corrected chi connectivity index (χ4v) is 4.55. The molecule has 5 heteroatoms. The van der Waals surface area contributed by atoms with Gasteiger partial charge in [-0.25, -0.2) is 14.4 Å². The minimum atomic E-state index is -0.226. The van der Waals surface area contributed by atoms with Gasteiger partial charge in [0.15, 0.2) is 0 Å². The van der Waals surface area contributed by atoms with Crippen LogP contribution in [0.2, 0.25) is 0 Å². The van der Waals surface area contributed by atoms with E-state index < -0.39 is 0 Å². The van der Waals surface area contributed by atoms with Crippen molar-refractivity contribution < 1.29 is 4.39 Å². The number of aromatic nitrogens is 2. The Morgan fingerprint density at radius 3 is 2.43 bits per heavy atom. The Morgan fingerprint density at radius 2 is 1.65 bits per heavy atom. The van der Waals surface area contributed by atoms with Gasteiger partial charge in [-0.3, -0.25) is 0 Å². The molecule has 0 aliphatic carbocycles. The molecular formula is C18H13FN2S2. The van der Waals surface area contributed by atoms with Crippen LogP contribution in [-0.4, -0.2) is 9.97 Å². The topological polar surface area (TPSA) is 25.8 Å². The summed E-state index contributed by atoms with van der Waals surface area (Å²) >= 11 is 3.39. The Labute approximate surface area is 141 Å². The standard InChI is InChI=1S/C18H13FN2S2/c1-11-18(12-6-8-13(19)9-7-12)21-17(22-11)10-16-20-14-4-2-3-5-15(14)23-16/h2-9H,10H2,1H3. The number of halogens is 1.